The van der Waals surface area contributed by atoms with Gasteiger partial charge in [-0.2, -0.15) is 0 Å². The molecular formula is C15H19N3OS. The molecule has 0 radical (unpaired) electrons. The molecule has 4 nitrogen and oxygen atoms in total. The summed E-state index contributed by atoms with van der Waals surface area (Å²) in [5.41, 5.74) is 5.15. The Labute approximate surface area is 123 Å². The van der Waals surface area contributed by atoms with Crippen molar-refractivity contribution in [2.45, 2.75) is 27.7 Å². The smallest absolute Gasteiger partial charge is 0.267 e. The Balaban J connectivity index is 2.28. The van der Waals surface area contributed by atoms with Crippen LogP contribution >= 0.6 is 11.3 Å². The molecule has 0 aliphatic rings. The van der Waals surface area contributed by atoms with E-state index in [4.69, 9.17) is 0 Å². The molecule has 0 fully saturated rings. The average molecular weight is 289 g/mol. The van der Waals surface area contributed by atoms with Crippen LogP contribution in [0.2, 0.25) is 0 Å². The van der Waals surface area contributed by atoms with Gasteiger partial charge in [0.15, 0.2) is 5.13 Å². The van der Waals surface area contributed by atoms with Crippen molar-refractivity contribution >= 4 is 28.1 Å². The number of carbonyl (C=O) groups excluding carboxylic acids is 1. The Bertz CT molecular complexity index is 661. The fourth-order valence-corrected chi connectivity index (χ4v) is 2.80. The summed E-state index contributed by atoms with van der Waals surface area (Å²) in [5.74, 6) is -0.104. The highest BCUT2D eigenvalue weighted by atomic mass is 32.1. The van der Waals surface area contributed by atoms with Crippen LogP contribution in [0, 0.1) is 27.7 Å². The molecule has 0 saturated heterocycles. The molecule has 1 aromatic heterocycles. The molecule has 0 bridgehead atoms. The van der Waals surface area contributed by atoms with Crippen molar-refractivity contribution in [2.24, 2.45) is 0 Å². The van der Waals surface area contributed by atoms with Crippen molar-refractivity contribution < 1.29 is 4.79 Å². The van der Waals surface area contributed by atoms with Crippen LogP contribution in [-0.4, -0.2) is 17.9 Å². The molecule has 5 heteroatoms. The molecule has 106 valence electrons. The van der Waals surface area contributed by atoms with Crippen LogP contribution in [0.4, 0.5) is 10.8 Å². The third-order valence-electron chi connectivity index (χ3n) is 3.52. The Morgan fingerprint density at radius 2 is 1.85 bits per heavy atom. The number of benzene rings is 1. The van der Waals surface area contributed by atoms with Gasteiger partial charge >= 0.3 is 0 Å². The van der Waals surface area contributed by atoms with E-state index in [2.05, 4.69) is 29.5 Å². The average Bonchev–Trinajstić information content (AvgIpc) is 2.81. The monoisotopic (exact) mass is 289 g/mol. The van der Waals surface area contributed by atoms with Gasteiger partial charge in [-0.15, -0.1) is 0 Å². The van der Waals surface area contributed by atoms with E-state index in [9.17, 15) is 4.79 Å². The molecule has 2 rings (SSSR count). The fraction of sp³-hybridized carbons (Fsp3) is 0.333. The summed E-state index contributed by atoms with van der Waals surface area (Å²) in [6.07, 6.45) is 0. The quantitative estimate of drug-likeness (QED) is 0.906. The van der Waals surface area contributed by atoms with Crippen LogP contribution in [0.5, 0.6) is 0 Å². The minimum absolute atomic E-state index is 0.104. The SMILES string of the molecule is CNc1nc(C)c(C(=O)Nc2ccc(C)c(C)c2C)s1. The fourth-order valence-electron chi connectivity index (χ4n) is 1.98. The number of nitrogens with one attached hydrogen (secondary N) is 2. The number of hydrogen-bond acceptors (Lipinski definition) is 4. The van der Waals surface area contributed by atoms with Gasteiger partial charge in [0.05, 0.1) is 5.69 Å². The summed E-state index contributed by atoms with van der Waals surface area (Å²) in [5, 5.41) is 6.69. The molecule has 2 aromatic rings. The predicted molar refractivity (Wildman–Crippen MR) is 85.0 cm³/mol. The van der Waals surface area contributed by atoms with Gasteiger partial charge in [-0.1, -0.05) is 17.4 Å². The molecule has 1 amide bonds. The van der Waals surface area contributed by atoms with E-state index in [1.807, 2.05) is 26.0 Å². The molecule has 0 spiro atoms. The van der Waals surface area contributed by atoms with E-state index in [-0.39, 0.29) is 5.91 Å². The van der Waals surface area contributed by atoms with Gasteiger partial charge in [-0.05, 0) is 50.5 Å². The normalized spacial score (nSPS) is 10.4. The van der Waals surface area contributed by atoms with Gasteiger partial charge in [0.25, 0.3) is 5.91 Å². The molecule has 1 aromatic carbocycles. The summed E-state index contributed by atoms with van der Waals surface area (Å²) in [6.45, 7) is 8.01. The zero-order chi connectivity index (χ0) is 14.9. The third kappa shape index (κ3) is 2.67. The standard InChI is InChI=1S/C15H19N3OS/c1-8-6-7-12(10(3)9(8)2)18-14(19)13-11(4)17-15(16-5)20-13/h6-7H,1-5H3,(H,16,17)(H,18,19). The highest BCUT2D eigenvalue weighted by Gasteiger charge is 2.16. The second-order valence-corrected chi connectivity index (χ2v) is 5.82. The van der Waals surface area contributed by atoms with Gasteiger partial charge < -0.3 is 10.6 Å². The minimum Gasteiger partial charge on any atom is -0.365 e. The van der Waals surface area contributed by atoms with E-state index < -0.39 is 0 Å². The summed E-state index contributed by atoms with van der Waals surface area (Å²) in [4.78, 5) is 17.3. The van der Waals surface area contributed by atoms with Crippen LogP contribution in [-0.2, 0) is 0 Å². The van der Waals surface area contributed by atoms with Crippen molar-refractivity contribution in [1.82, 2.24) is 4.98 Å². The summed E-state index contributed by atoms with van der Waals surface area (Å²) >= 11 is 1.37. The number of rotatable bonds is 3. The van der Waals surface area contributed by atoms with Gasteiger partial charge in [0.1, 0.15) is 4.88 Å². The maximum absolute atomic E-state index is 12.3. The maximum Gasteiger partial charge on any atom is 0.267 e. The number of aromatic nitrogens is 1. The Morgan fingerprint density at radius 1 is 1.15 bits per heavy atom. The molecule has 20 heavy (non-hydrogen) atoms. The van der Waals surface area contributed by atoms with Crippen LogP contribution in [0.15, 0.2) is 12.1 Å². The summed E-state index contributed by atoms with van der Waals surface area (Å²) in [6, 6.07) is 3.97. The number of amides is 1. The number of hydrogen-bond donors (Lipinski definition) is 2. The second kappa shape index (κ2) is 5.63. The second-order valence-electron chi connectivity index (χ2n) is 4.82. The first-order valence-electron chi connectivity index (χ1n) is 6.47. The molecular weight excluding hydrogens is 270 g/mol. The lowest BCUT2D eigenvalue weighted by molar-refractivity contribution is 0.102. The van der Waals surface area contributed by atoms with E-state index in [0.717, 1.165) is 22.1 Å². The van der Waals surface area contributed by atoms with Crippen LogP contribution in [0.3, 0.4) is 0 Å². The first kappa shape index (κ1) is 14.5. The Kier molecular flexibility index (Phi) is 4.09. The Hall–Kier alpha value is -1.88. The molecule has 1 heterocycles. The number of nitrogens with zero attached hydrogens (tertiary/aromatic N) is 1. The highest BCUT2D eigenvalue weighted by molar-refractivity contribution is 7.17. The van der Waals surface area contributed by atoms with Crippen molar-refractivity contribution in [3.8, 4) is 0 Å². The minimum atomic E-state index is -0.104. The lowest BCUT2D eigenvalue weighted by atomic mass is 10.0. The molecule has 0 saturated carbocycles. The predicted octanol–water partition coefficient (Wildman–Crippen LogP) is 3.67. The number of carbonyl (C=O) groups is 1. The van der Waals surface area contributed by atoms with Crippen molar-refractivity contribution in [3.63, 3.8) is 0 Å². The zero-order valence-corrected chi connectivity index (χ0v) is 13.2. The molecule has 0 aliphatic carbocycles. The van der Waals surface area contributed by atoms with Crippen molar-refractivity contribution in [1.29, 1.82) is 0 Å². The Morgan fingerprint density at radius 3 is 2.45 bits per heavy atom. The summed E-state index contributed by atoms with van der Waals surface area (Å²) in [7, 11) is 1.80. The van der Waals surface area contributed by atoms with E-state index in [0.29, 0.717) is 4.88 Å². The van der Waals surface area contributed by atoms with E-state index in [1.165, 1.54) is 22.5 Å². The van der Waals surface area contributed by atoms with E-state index >= 15 is 0 Å². The van der Waals surface area contributed by atoms with Crippen LogP contribution < -0.4 is 10.6 Å². The molecule has 2 N–H and O–H groups in total. The van der Waals surface area contributed by atoms with Gasteiger partial charge in [0.2, 0.25) is 0 Å². The van der Waals surface area contributed by atoms with Gasteiger partial charge in [0, 0.05) is 12.7 Å². The maximum atomic E-state index is 12.3. The lowest BCUT2D eigenvalue weighted by Gasteiger charge is -2.12. The van der Waals surface area contributed by atoms with Gasteiger partial charge in [-0.25, -0.2) is 4.98 Å². The lowest BCUT2D eigenvalue weighted by Crippen LogP contribution is -2.13. The number of anilines is 2. The van der Waals surface area contributed by atoms with Crippen LogP contribution in [0.1, 0.15) is 32.1 Å². The first-order valence-corrected chi connectivity index (χ1v) is 7.29. The molecule has 0 unspecified atom stereocenters. The highest BCUT2D eigenvalue weighted by Crippen LogP contribution is 2.25. The first-order chi connectivity index (χ1) is 9.43. The van der Waals surface area contributed by atoms with E-state index in [1.54, 1.807) is 7.05 Å². The molecule has 0 aliphatic heterocycles. The number of aryl methyl sites for hydroxylation is 2. The van der Waals surface area contributed by atoms with Crippen molar-refractivity contribution in [2.75, 3.05) is 17.7 Å². The third-order valence-corrected chi connectivity index (χ3v) is 4.70. The molecule has 0 atom stereocenters. The summed E-state index contributed by atoms with van der Waals surface area (Å²) < 4.78 is 0. The largest absolute Gasteiger partial charge is 0.365 e. The zero-order valence-electron chi connectivity index (χ0n) is 12.4. The number of thiazole rings is 1. The van der Waals surface area contributed by atoms with Crippen LogP contribution in [0.25, 0.3) is 0 Å². The topological polar surface area (TPSA) is 54.0 Å². The van der Waals surface area contributed by atoms with Gasteiger partial charge in [-0.3, -0.25) is 4.79 Å². The van der Waals surface area contributed by atoms with Crippen molar-refractivity contribution in [3.05, 3.63) is 39.4 Å².